The second kappa shape index (κ2) is 5.03. The molecule has 1 aromatic heterocycles. The van der Waals surface area contributed by atoms with Gasteiger partial charge >= 0.3 is 0 Å². The molecule has 0 aliphatic rings. The van der Waals surface area contributed by atoms with E-state index in [-0.39, 0.29) is 0 Å². The summed E-state index contributed by atoms with van der Waals surface area (Å²) in [5, 5.41) is 6.39. The monoisotopic (exact) mass is 247 g/mol. The van der Waals surface area contributed by atoms with Crippen LogP contribution in [0.1, 0.15) is 0 Å². The van der Waals surface area contributed by atoms with E-state index in [9.17, 15) is 0 Å². The normalized spacial score (nSPS) is 10.5. The number of hydrogen-bond donors (Lipinski definition) is 2. The Morgan fingerprint density at radius 1 is 1.35 bits per heavy atom. The Balaban J connectivity index is 2.17. The number of thiocarbonyl (C=S) groups is 1. The van der Waals surface area contributed by atoms with E-state index in [1.165, 1.54) is 6.33 Å². The van der Waals surface area contributed by atoms with Crippen molar-refractivity contribution in [2.75, 3.05) is 19.4 Å². The van der Waals surface area contributed by atoms with Crippen molar-refractivity contribution < 1.29 is 0 Å². The highest BCUT2D eigenvalue weighted by atomic mass is 32.1. The van der Waals surface area contributed by atoms with Gasteiger partial charge in [-0.1, -0.05) is 0 Å². The van der Waals surface area contributed by atoms with E-state index in [2.05, 4.69) is 20.7 Å². The Morgan fingerprint density at radius 2 is 2.18 bits per heavy atom. The Hall–Kier alpha value is -1.79. The minimum atomic E-state index is 0.547. The zero-order chi connectivity index (χ0) is 12.3. The molecule has 1 aromatic carbocycles. The van der Waals surface area contributed by atoms with Gasteiger partial charge in [0.05, 0.1) is 5.52 Å². The van der Waals surface area contributed by atoms with E-state index in [4.69, 9.17) is 12.2 Å². The van der Waals surface area contributed by atoms with Crippen LogP contribution < -0.4 is 10.7 Å². The molecule has 0 spiro atoms. The Bertz CT molecular complexity index is 540. The number of nitrogens with zero attached hydrogens (tertiary/aromatic N) is 3. The van der Waals surface area contributed by atoms with Gasteiger partial charge in [0.2, 0.25) is 0 Å². The van der Waals surface area contributed by atoms with Crippen LogP contribution in [0, 0.1) is 0 Å². The number of aromatic nitrogens is 2. The molecule has 0 unspecified atom stereocenters. The van der Waals surface area contributed by atoms with Crippen LogP contribution in [0.2, 0.25) is 0 Å². The van der Waals surface area contributed by atoms with E-state index in [0.29, 0.717) is 5.11 Å². The van der Waals surface area contributed by atoms with Gasteiger partial charge in [-0.2, -0.15) is 0 Å². The fraction of sp³-hybridized carbons (Fsp3) is 0.182. The maximum absolute atomic E-state index is 5.14. The molecule has 0 radical (unpaired) electrons. The molecule has 6 heteroatoms. The minimum Gasteiger partial charge on any atom is -0.332 e. The third-order valence-corrected chi connectivity index (χ3v) is 2.28. The highest BCUT2D eigenvalue weighted by molar-refractivity contribution is 7.80. The fourth-order valence-electron chi connectivity index (χ4n) is 1.42. The Morgan fingerprint density at radius 3 is 2.94 bits per heavy atom. The quantitative estimate of drug-likeness (QED) is 0.618. The molecular formula is C11H13N5S. The summed E-state index contributed by atoms with van der Waals surface area (Å²) >= 11 is 5.14. The van der Waals surface area contributed by atoms with Gasteiger partial charge in [-0.3, -0.25) is 5.43 Å². The zero-order valence-corrected chi connectivity index (χ0v) is 10.5. The number of rotatable bonds is 2. The summed E-state index contributed by atoms with van der Waals surface area (Å²) in [7, 11) is 3.75. The lowest BCUT2D eigenvalue weighted by molar-refractivity contribution is 0.365. The summed E-state index contributed by atoms with van der Waals surface area (Å²) in [5.41, 5.74) is 4.78. The van der Waals surface area contributed by atoms with Gasteiger partial charge in [-0.15, -0.1) is 0 Å². The van der Waals surface area contributed by atoms with Crippen LogP contribution in [0.3, 0.4) is 0 Å². The molecule has 0 fully saturated rings. The molecule has 0 saturated heterocycles. The smallest absolute Gasteiger partial charge is 0.185 e. The average molecular weight is 247 g/mol. The van der Waals surface area contributed by atoms with Gasteiger partial charge in [0.15, 0.2) is 5.11 Å². The summed E-state index contributed by atoms with van der Waals surface area (Å²) in [4.78, 5) is 8.14. The number of hydrogen-bond acceptors (Lipinski definition) is 4. The SMILES string of the molecule is CN(C)NC(=S)Nc1ccc2ncncc2c1. The van der Waals surface area contributed by atoms with Gasteiger partial charge in [-0.25, -0.2) is 15.0 Å². The molecule has 2 N–H and O–H groups in total. The van der Waals surface area contributed by atoms with Crippen molar-refractivity contribution in [3.63, 3.8) is 0 Å². The first-order valence-corrected chi connectivity index (χ1v) is 5.51. The predicted molar refractivity (Wildman–Crippen MR) is 72.6 cm³/mol. The molecule has 0 aliphatic heterocycles. The number of anilines is 1. The third kappa shape index (κ3) is 3.08. The molecule has 0 aliphatic carbocycles. The van der Waals surface area contributed by atoms with E-state index < -0.39 is 0 Å². The van der Waals surface area contributed by atoms with Crippen molar-refractivity contribution >= 4 is 33.9 Å². The molecule has 88 valence electrons. The topological polar surface area (TPSA) is 53.1 Å². The Labute approximate surface area is 105 Å². The van der Waals surface area contributed by atoms with Crippen LogP contribution >= 0.6 is 12.2 Å². The van der Waals surface area contributed by atoms with Gasteiger partial charge in [0.1, 0.15) is 6.33 Å². The highest BCUT2D eigenvalue weighted by Crippen LogP contribution is 2.15. The van der Waals surface area contributed by atoms with Crippen LogP contribution in [0.4, 0.5) is 5.69 Å². The number of benzene rings is 1. The summed E-state index contributed by atoms with van der Waals surface area (Å²) in [6.07, 6.45) is 3.31. The van der Waals surface area contributed by atoms with Gasteiger partial charge in [-0.05, 0) is 30.4 Å². The van der Waals surface area contributed by atoms with E-state index in [0.717, 1.165) is 16.6 Å². The maximum Gasteiger partial charge on any atom is 0.185 e. The summed E-state index contributed by atoms with van der Waals surface area (Å²) < 4.78 is 0. The standard InChI is InChI=1S/C11H13N5S/c1-16(2)15-11(17)14-9-3-4-10-8(5-9)6-12-7-13-10/h3-7H,1-2H3,(H2,14,15,17). The largest absolute Gasteiger partial charge is 0.332 e. The molecule has 0 atom stereocenters. The molecule has 1 heterocycles. The lowest BCUT2D eigenvalue weighted by Crippen LogP contribution is -2.38. The molecule has 5 nitrogen and oxygen atoms in total. The number of nitrogens with one attached hydrogen (secondary N) is 2. The first kappa shape index (κ1) is 11.7. The molecule has 0 amide bonds. The molecular weight excluding hydrogens is 234 g/mol. The first-order valence-electron chi connectivity index (χ1n) is 5.10. The van der Waals surface area contributed by atoms with Crippen molar-refractivity contribution in [1.82, 2.24) is 20.4 Å². The maximum atomic E-state index is 5.14. The van der Waals surface area contributed by atoms with Crippen LogP contribution in [0.15, 0.2) is 30.7 Å². The second-order valence-electron chi connectivity index (χ2n) is 3.76. The minimum absolute atomic E-state index is 0.547. The summed E-state index contributed by atoms with van der Waals surface area (Å²) in [6.45, 7) is 0. The van der Waals surface area contributed by atoms with Crippen molar-refractivity contribution in [2.45, 2.75) is 0 Å². The zero-order valence-electron chi connectivity index (χ0n) is 9.64. The molecule has 17 heavy (non-hydrogen) atoms. The van der Waals surface area contributed by atoms with Crippen LogP contribution in [-0.4, -0.2) is 34.2 Å². The van der Waals surface area contributed by atoms with Crippen LogP contribution in [0.5, 0.6) is 0 Å². The lowest BCUT2D eigenvalue weighted by Gasteiger charge is -2.15. The van der Waals surface area contributed by atoms with Gasteiger partial charge in [0, 0.05) is 31.4 Å². The number of fused-ring (bicyclic) bond motifs is 1. The van der Waals surface area contributed by atoms with Gasteiger partial charge < -0.3 is 5.32 Å². The fourth-order valence-corrected chi connectivity index (χ4v) is 1.72. The van der Waals surface area contributed by atoms with E-state index in [1.54, 1.807) is 11.2 Å². The molecule has 2 rings (SSSR count). The van der Waals surface area contributed by atoms with Crippen molar-refractivity contribution in [3.05, 3.63) is 30.7 Å². The van der Waals surface area contributed by atoms with Crippen molar-refractivity contribution in [3.8, 4) is 0 Å². The molecule has 0 bridgehead atoms. The van der Waals surface area contributed by atoms with E-state index in [1.807, 2.05) is 32.3 Å². The molecule has 0 saturated carbocycles. The van der Waals surface area contributed by atoms with Crippen LogP contribution in [-0.2, 0) is 0 Å². The predicted octanol–water partition coefficient (Wildman–Crippen LogP) is 1.39. The average Bonchev–Trinajstić information content (AvgIpc) is 2.27. The third-order valence-electron chi connectivity index (χ3n) is 2.09. The summed E-state index contributed by atoms with van der Waals surface area (Å²) in [5.74, 6) is 0. The second-order valence-corrected chi connectivity index (χ2v) is 4.16. The van der Waals surface area contributed by atoms with Crippen molar-refractivity contribution in [2.24, 2.45) is 0 Å². The van der Waals surface area contributed by atoms with Crippen LogP contribution in [0.25, 0.3) is 10.9 Å². The lowest BCUT2D eigenvalue weighted by atomic mass is 10.2. The summed E-state index contributed by atoms with van der Waals surface area (Å²) in [6, 6.07) is 5.82. The molecule has 2 aromatic rings. The highest BCUT2D eigenvalue weighted by Gasteiger charge is 2.00. The first-order chi connectivity index (χ1) is 8.15. The van der Waals surface area contributed by atoms with E-state index >= 15 is 0 Å². The number of hydrazine groups is 1. The van der Waals surface area contributed by atoms with Gasteiger partial charge in [0.25, 0.3) is 0 Å². The van der Waals surface area contributed by atoms with Crippen molar-refractivity contribution in [1.29, 1.82) is 0 Å². The Kier molecular flexibility index (Phi) is 3.46.